The Labute approximate surface area is 105 Å². The van der Waals surface area contributed by atoms with Crippen LogP contribution in [-0.4, -0.2) is 23.8 Å². The molecular weight excluding hydrogens is 238 g/mol. The van der Waals surface area contributed by atoms with Crippen LogP contribution in [0.1, 0.15) is 16.1 Å². The Kier molecular flexibility index (Phi) is 3.38. The number of aldehydes is 1. The quantitative estimate of drug-likeness (QED) is 0.618. The Morgan fingerprint density at radius 3 is 2.82 bits per heavy atom. The smallest absolute Gasteiger partial charge is 0.152 e. The Morgan fingerprint density at radius 1 is 1.47 bits per heavy atom. The maximum absolute atomic E-state index is 11.2. The van der Waals surface area contributed by atoms with Crippen LogP contribution in [-0.2, 0) is 6.54 Å². The van der Waals surface area contributed by atoms with Gasteiger partial charge in [0, 0.05) is 34.6 Å². The standard InChI is InChI=1S/C13H14ClNO2/c1-9-12(8-16)11-7-10(17-2)3-4-13(11)15(9)6-5-14/h3-4,7-8H,5-6H2,1-2H3. The van der Waals surface area contributed by atoms with Crippen molar-refractivity contribution >= 4 is 28.8 Å². The van der Waals surface area contributed by atoms with E-state index in [1.807, 2.05) is 25.1 Å². The molecular formula is C13H14ClNO2. The van der Waals surface area contributed by atoms with Crippen LogP contribution in [0.5, 0.6) is 5.75 Å². The summed E-state index contributed by atoms with van der Waals surface area (Å²) in [5, 5.41) is 0.918. The number of nitrogens with zero attached hydrogens (tertiary/aromatic N) is 1. The molecule has 0 saturated carbocycles. The van der Waals surface area contributed by atoms with Crippen LogP contribution in [0.3, 0.4) is 0 Å². The Morgan fingerprint density at radius 2 is 2.24 bits per heavy atom. The molecule has 0 N–H and O–H groups in total. The number of hydrogen-bond donors (Lipinski definition) is 0. The minimum absolute atomic E-state index is 0.523. The zero-order chi connectivity index (χ0) is 12.4. The Hall–Kier alpha value is -1.48. The number of fused-ring (bicyclic) bond motifs is 1. The van der Waals surface area contributed by atoms with E-state index in [1.54, 1.807) is 7.11 Å². The van der Waals surface area contributed by atoms with Crippen molar-refractivity contribution in [2.24, 2.45) is 0 Å². The molecule has 1 aromatic carbocycles. The maximum atomic E-state index is 11.2. The second-order valence-corrected chi connectivity index (χ2v) is 4.22. The number of benzene rings is 1. The predicted molar refractivity (Wildman–Crippen MR) is 69.3 cm³/mol. The SMILES string of the molecule is COc1ccc2c(c1)c(C=O)c(C)n2CCCl. The number of aryl methyl sites for hydroxylation is 1. The molecule has 0 bridgehead atoms. The van der Waals surface area contributed by atoms with Gasteiger partial charge in [-0.2, -0.15) is 0 Å². The predicted octanol–water partition coefficient (Wildman–Crippen LogP) is 3.01. The van der Waals surface area contributed by atoms with Gasteiger partial charge < -0.3 is 9.30 Å². The van der Waals surface area contributed by atoms with E-state index in [9.17, 15) is 4.79 Å². The van der Waals surface area contributed by atoms with Gasteiger partial charge in [-0.25, -0.2) is 0 Å². The lowest BCUT2D eigenvalue weighted by atomic mass is 10.1. The summed E-state index contributed by atoms with van der Waals surface area (Å²) in [5.74, 6) is 1.28. The molecule has 2 aromatic rings. The highest BCUT2D eigenvalue weighted by Crippen LogP contribution is 2.28. The minimum Gasteiger partial charge on any atom is -0.497 e. The molecule has 0 saturated heterocycles. The first kappa shape index (κ1) is 12.0. The highest BCUT2D eigenvalue weighted by Gasteiger charge is 2.13. The van der Waals surface area contributed by atoms with E-state index < -0.39 is 0 Å². The van der Waals surface area contributed by atoms with Crippen LogP contribution < -0.4 is 4.74 Å². The molecule has 2 rings (SSSR count). The third-order valence-electron chi connectivity index (χ3n) is 3.01. The molecule has 90 valence electrons. The van der Waals surface area contributed by atoms with Gasteiger partial charge in [-0.1, -0.05) is 0 Å². The van der Waals surface area contributed by atoms with E-state index in [0.717, 1.165) is 28.6 Å². The third-order valence-corrected chi connectivity index (χ3v) is 3.17. The molecule has 0 aliphatic rings. The van der Waals surface area contributed by atoms with Gasteiger partial charge in [0.25, 0.3) is 0 Å². The largest absolute Gasteiger partial charge is 0.497 e. The zero-order valence-corrected chi connectivity index (χ0v) is 10.6. The molecule has 0 unspecified atom stereocenters. The van der Waals surface area contributed by atoms with Crippen molar-refractivity contribution in [1.82, 2.24) is 4.57 Å². The van der Waals surface area contributed by atoms with Gasteiger partial charge in [0.2, 0.25) is 0 Å². The third kappa shape index (κ3) is 1.91. The lowest BCUT2D eigenvalue weighted by molar-refractivity contribution is 0.112. The van der Waals surface area contributed by atoms with E-state index in [0.29, 0.717) is 18.0 Å². The maximum Gasteiger partial charge on any atom is 0.152 e. The summed E-state index contributed by atoms with van der Waals surface area (Å²) in [6.45, 7) is 2.63. The number of alkyl halides is 1. The van der Waals surface area contributed by atoms with Gasteiger partial charge in [-0.15, -0.1) is 11.6 Å². The van der Waals surface area contributed by atoms with Crippen molar-refractivity contribution in [1.29, 1.82) is 0 Å². The van der Waals surface area contributed by atoms with Crippen LogP contribution in [0.2, 0.25) is 0 Å². The van der Waals surface area contributed by atoms with E-state index in [-0.39, 0.29) is 0 Å². The average molecular weight is 252 g/mol. The van der Waals surface area contributed by atoms with Crippen LogP contribution in [0.4, 0.5) is 0 Å². The normalized spacial score (nSPS) is 10.8. The number of halogens is 1. The first-order valence-electron chi connectivity index (χ1n) is 5.41. The molecule has 0 spiro atoms. The fourth-order valence-corrected chi connectivity index (χ4v) is 2.30. The summed E-state index contributed by atoms with van der Waals surface area (Å²) in [6.07, 6.45) is 0.891. The zero-order valence-electron chi connectivity index (χ0n) is 9.87. The molecule has 1 aromatic heterocycles. The summed E-state index contributed by atoms with van der Waals surface area (Å²) >= 11 is 5.79. The molecule has 0 aliphatic heterocycles. The highest BCUT2D eigenvalue weighted by atomic mass is 35.5. The van der Waals surface area contributed by atoms with Crippen molar-refractivity contribution in [3.8, 4) is 5.75 Å². The molecule has 0 radical (unpaired) electrons. The van der Waals surface area contributed by atoms with E-state index >= 15 is 0 Å². The van der Waals surface area contributed by atoms with Gasteiger partial charge in [-0.3, -0.25) is 4.79 Å². The fourth-order valence-electron chi connectivity index (χ4n) is 2.14. The Balaban J connectivity index is 2.75. The molecule has 3 nitrogen and oxygen atoms in total. The molecule has 0 aliphatic carbocycles. The number of hydrogen-bond acceptors (Lipinski definition) is 2. The molecule has 0 atom stereocenters. The summed E-state index contributed by atoms with van der Waals surface area (Å²) in [6, 6.07) is 5.73. The van der Waals surface area contributed by atoms with E-state index in [4.69, 9.17) is 16.3 Å². The van der Waals surface area contributed by atoms with Crippen LogP contribution in [0.25, 0.3) is 10.9 Å². The van der Waals surface area contributed by atoms with Crippen LogP contribution in [0.15, 0.2) is 18.2 Å². The second-order valence-electron chi connectivity index (χ2n) is 3.84. The summed E-state index contributed by atoms with van der Waals surface area (Å²) < 4.78 is 7.24. The first-order chi connectivity index (χ1) is 8.22. The number of rotatable bonds is 4. The van der Waals surface area contributed by atoms with E-state index in [2.05, 4.69) is 4.57 Å². The number of carbonyl (C=O) groups excluding carboxylic acids is 1. The number of ether oxygens (including phenoxy) is 1. The van der Waals surface area contributed by atoms with Gasteiger partial charge in [0.1, 0.15) is 5.75 Å². The average Bonchev–Trinajstić information content (AvgIpc) is 2.62. The van der Waals surface area contributed by atoms with E-state index in [1.165, 1.54) is 0 Å². The van der Waals surface area contributed by atoms with Gasteiger partial charge in [-0.05, 0) is 25.1 Å². The Bertz CT molecular complexity index is 560. The molecule has 17 heavy (non-hydrogen) atoms. The molecule has 1 heterocycles. The van der Waals surface area contributed by atoms with Crippen LogP contribution in [0, 0.1) is 6.92 Å². The number of methoxy groups -OCH3 is 1. The number of aromatic nitrogens is 1. The first-order valence-corrected chi connectivity index (χ1v) is 5.94. The van der Waals surface area contributed by atoms with Gasteiger partial charge in [0.15, 0.2) is 6.29 Å². The van der Waals surface area contributed by atoms with Crippen molar-refractivity contribution in [2.75, 3.05) is 13.0 Å². The molecule has 0 fully saturated rings. The highest BCUT2D eigenvalue weighted by molar-refractivity contribution is 6.17. The summed E-state index contributed by atoms with van der Waals surface area (Å²) in [5.41, 5.74) is 2.68. The van der Waals surface area contributed by atoms with Crippen molar-refractivity contribution in [3.05, 3.63) is 29.5 Å². The molecule has 4 heteroatoms. The van der Waals surface area contributed by atoms with Crippen molar-refractivity contribution < 1.29 is 9.53 Å². The van der Waals surface area contributed by atoms with Crippen molar-refractivity contribution in [3.63, 3.8) is 0 Å². The van der Waals surface area contributed by atoms with Crippen LogP contribution >= 0.6 is 11.6 Å². The minimum atomic E-state index is 0.523. The van der Waals surface area contributed by atoms with Gasteiger partial charge in [0.05, 0.1) is 7.11 Å². The van der Waals surface area contributed by atoms with Gasteiger partial charge >= 0.3 is 0 Å². The monoisotopic (exact) mass is 251 g/mol. The number of carbonyl (C=O) groups is 1. The fraction of sp³-hybridized carbons (Fsp3) is 0.308. The lowest BCUT2D eigenvalue weighted by Gasteiger charge is -2.05. The summed E-state index contributed by atoms with van der Waals surface area (Å²) in [7, 11) is 1.62. The molecule has 0 amide bonds. The topological polar surface area (TPSA) is 31.2 Å². The second kappa shape index (κ2) is 4.80. The lowest BCUT2D eigenvalue weighted by Crippen LogP contribution is -2.01. The van der Waals surface area contributed by atoms with Crippen molar-refractivity contribution in [2.45, 2.75) is 13.5 Å². The summed E-state index contributed by atoms with van der Waals surface area (Å²) in [4.78, 5) is 11.2.